The van der Waals surface area contributed by atoms with Crippen LogP contribution in [0.15, 0.2) is 23.1 Å². The van der Waals surface area contributed by atoms with Crippen LogP contribution < -0.4 is 5.73 Å². The number of piperidine rings is 1. The molecule has 2 atom stereocenters. The molecule has 2 aliphatic rings. The van der Waals surface area contributed by atoms with Gasteiger partial charge in [0.25, 0.3) is 0 Å². The molecule has 0 radical (unpaired) electrons. The Bertz CT molecular complexity index is 625. The van der Waals surface area contributed by atoms with E-state index in [-0.39, 0.29) is 12.0 Å². The second kappa shape index (κ2) is 5.71. The Labute approximate surface area is 127 Å². The number of aryl methyl sites for hydroxylation is 2. The Kier molecular flexibility index (Phi) is 4.08. The van der Waals surface area contributed by atoms with E-state index in [1.807, 2.05) is 19.1 Å². The molecule has 0 saturated carbocycles. The first-order valence-corrected chi connectivity index (χ1v) is 9.30. The van der Waals surface area contributed by atoms with Crippen molar-refractivity contribution in [2.45, 2.75) is 50.0 Å². The summed E-state index contributed by atoms with van der Waals surface area (Å²) in [6.07, 6.45) is 5.13. The molecule has 0 amide bonds. The summed E-state index contributed by atoms with van der Waals surface area (Å²) in [5.74, 6) is 0.267. The molecule has 0 spiro atoms. The average molecular weight is 308 g/mol. The normalized spacial score (nSPS) is 24.8. The van der Waals surface area contributed by atoms with Crippen LogP contribution in [0.3, 0.4) is 0 Å². The lowest BCUT2D eigenvalue weighted by Crippen LogP contribution is -2.44. The standard InChI is InChI=1S/C16H24N2O2S/c1-12(17)15-6-3-9-18(11-15)21(19,20)16-8-7-13-4-2-5-14(13)10-16/h7-8,10,12,15H,2-6,9,11,17H2,1H3. The zero-order valence-electron chi connectivity index (χ0n) is 12.6. The Morgan fingerprint density at radius 2 is 2.00 bits per heavy atom. The van der Waals surface area contributed by atoms with Crippen LogP contribution in [0, 0.1) is 5.92 Å². The minimum Gasteiger partial charge on any atom is -0.328 e. The molecule has 1 saturated heterocycles. The molecule has 1 aromatic rings. The van der Waals surface area contributed by atoms with E-state index in [9.17, 15) is 8.42 Å². The number of sulfonamides is 1. The Morgan fingerprint density at radius 3 is 2.76 bits per heavy atom. The van der Waals surface area contributed by atoms with Crippen LogP contribution in [0.5, 0.6) is 0 Å². The van der Waals surface area contributed by atoms with Crippen molar-refractivity contribution in [1.29, 1.82) is 0 Å². The lowest BCUT2D eigenvalue weighted by atomic mass is 9.93. The predicted octanol–water partition coefficient (Wildman–Crippen LogP) is 1.92. The van der Waals surface area contributed by atoms with Gasteiger partial charge in [0.05, 0.1) is 4.90 Å². The van der Waals surface area contributed by atoms with Crippen LogP contribution in [0.2, 0.25) is 0 Å². The number of benzene rings is 1. The summed E-state index contributed by atoms with van der Waals surface area (Å²) in [6, 6.07) is 5.69. The van der Waals surface area contributed by atoms with Gasteiger partial charge in [-0.05, 0) is 68.2 Å². The Morgan fingerprint density at radius 1 is 1.24 bits per heavy atom. The van der Waals surface area contributed by atoms with Gasteiger partial charge in [0.1, 0.15) is 0 Å². The van der Waals surface area contributed by atoms with Crippen LogP contribution >= 0.6 is 0 Å². The third kappa shape index (κ3) is 2.87. The Balaban J connectivity index is 1.86. The molecule has 0 aromatic heterocycles. The number of fused-ring (bicyclic) bond motifs is 1. The molecule has 5 heteroatoms. The number of rotatable bonds is 3. The molecule has 2 unspecified atom stereocenters. The van der Waals surface area contributed by atoms with Crippen molar-refractivity contribution in [3.63, 3.8) is 0 Å². The van der Waals surface area contributed by atoms with E-state index in [1.54, 1.807) is 10.4 Å². The van der Waals surface area contributed by atoms with Gasteiger partial charge in [0.2, 0.25) is 10.0 Å². The molecule has 116 valence electrons. The SMILES string of the molecule is CC(N)C1CCCN(S(=O)(=O)c2ccc3c(c2)CCC3)C1. The molecule has 1 aliphatic heterocycles. The maximum Gasteiger partial charge on any atom is 0.243 e. The van der Waals surface area contributed by atoms with Gasteiger partial charge in [-0.2, -0.15) is 4.31 Å². The van der Waals surface area contributed by atoms with Crippen LogP contribution in [-0.2, 0) is 22.9 Å². The fraction of sp³-hybridized carbons (Fsp3) is 0.625. The molecule has 21 heavy (non-hydrogen) atoms. The highest BCUT2D eigenvalue weighted by atomic mass is 32.2. The second-order valence-electron chi connectivity index (χ2n) is 6.41. The molecule has 3 rings (SSSR count). The van der Waals surface area contributed by atoms with Crippen LogP contribution in [0.4, 0.5) is 0 Å². The predicted molar refractivity (Wildman–Crippen MR) is 83.6 cm³/mol. The van der Waals surface area contributed by atoms with E-state index < -0.39 is 10.0 Å². The van der Waals surface area contributed by atoms with Crippen molar-refractivity contribution in [3.05, 3.63) is 29.3 Å². The first-order valence-electron chi connectivity index (χ1n) is 7.86. The van der Waals surface area contributed by atoms with E-state index >= 15 is 0 Å². The topological polar surface area (TPSA) is 63.4 Å². The minimum absolute atomic E-state index is 0.0445. The molecule has 1 aromatic carbocycles. The van der Waals surface area contributed by atoms with Gasteiger partial charge in [-0.25, -0.2) is 8.42 Å². The highest BCUT2D eigenvalue weighted by Gasteiger charge is 2.32. The lowest BCUT2D eigenvalue weighted by molar-refractivity contribution is 0.243. The van der Waals surface area contributed by atoms with Crippen molar-refractivity contribution < 1.29 is 8.42 Å². The van der Waals surface area contributed by atoms with Crippen LogP contribution in [0.1, 0.15) is 37.3 Å². The summed E-state index contributed by atoms with van der Waals surface area (Å²) in [6.45, 7) is 3.13. The molecule has 1 aliphatic carbocycles. The molecule has 1 fully saturated rings. The van der Waals surface area contributed by atoms with Crippen molar-refractivity contribution in [2.75, 3.05) is 13.1 Å². The van der Waals surface area contributed by atoms with Gasteiger partial charge in [-0.15, -0.1) is 0 Å². The lowest BCUT2D eigenvalue weighted by Gasteiger charge is -2.33. The Hall–Kier alpha value is -0.910. The van der Waals surface area contributed by atoms with Gasteiger partial charge in [-0.3, -0.25) is 0 Å². The largest absolute Gasteiger partial charge is 0.328 e. The highest BCUT2D eigenvalue weighted by molar-refractivity contribution is 7.89. The average Bonchev–Trinajstić information content (AvgIpc) is 2.94. The summed E-state index contributed by atoms with van der Waals surface area (Å²) in [7, 11) is -3.37. The van der Waals surface area contributed by atoms with Crippen LogP contribution in [0.25, 0.3) is 0 Å². The number of nitrogens with two attached hydrogens (primary N) is 1. The van der Waals surface area contributed by atoms with E-state index in [0.29, 0.717) is 18.0 Å². The quantitative estimate of drug-likeness (QED) is 0.928. The zero-order chi connectivity index (χ0) is 15.0. The number of hydrogen-bond donors (Lipinski definition) is 1. The van der Waals surface area contributed by atoms with Crippen molar-refractivity contribution in [2.24, 2.45) is 11.7 Å². The summed E-state index contributed by atoms with van der Waals surface area (Å²) in [5.41, 5.74) is 8.48. The van der Waals surface area contributed by atoms with Gasteiger partial charge >= 0.3 is 0 Å². The second-order valence-corrected chi connectivity index (χ2v) is 8.35. The molecule has 4 nitrogen and oxygen atoms in total. The summed E-state index contributed by atoms with van der Waals surface area (Å²) in [5, 5.41) is 0. The molecular weight excluding hydrogens is 284 g/mol. The first-order chi connectivity index (χ1) is 9.98. The van der Waals surface area contributed by atoms with Crippen molar-refractivity contribution in [3.8, 4) is 0 Å². The van der Waals surface area contributed by atoms with E-state index in [2.05, 4.69) is 0 Å². The highest BCUT2D eigenvalue weighted by Crippen LogP contribution is 2.29. The fourth-order valence-corrected chi connectivity index (χ4v) is 5.07. The van der Waals surface area contributed by atoms with Gasteiger partial charge in [0.15, 0.2) is 0 Å². The molecule has 1 heterocycles. The summed E-state index contributed by atoms with van der Waals surface area (Å²) < 4.78 is 27.3. The third-order valence-corrected chi connectivity index (χ3v) is 6.73. The smallest absolute Gasteiger partial charge is 0.243 e. The third-order valence-electron chi connectivity index (χ3n) is 4.87. The molecular formula is C16H24N2O2S. The van der Waals surface area contributed by atoms with Gasteiger partial charge in [0, 0.05) is 19.1 Å². The summed E-state index contributed by atoms with van der Waals surface area (Å²) >= 11 is 0. The fourth-order valence-electron chi connectivity index (χ4n) is 3.48. The number of hydrogen-bond acceptors (Lipinski definition) is 3. The monoisotopic (exact) mass is 308 g/mol. The van der Waals surface area contributed by atoms with E-state index in [1.165, 1.54) is 11.1 Å². The van der Waals surface area contributed by atoms with Crippen molar-refractivity contribution >= 4 is 10.0 Å². The maximum atomic E-state index is 12.8. The van der Waals surface area contributed by atoms with Crippen molar-refractivity contribution in [1.82, 2.24) is 4.31 Å². The summed E-state index contributed by atoms with van der Waals surface area (Å²) in [4.78, 5) is 0.452. The minimum atomic E-state index is -3.37. The zero-order valence-corrected chi connectivity index (χ0v) is 13.4. The number of nitrogens with zero attached hydrogens (tertiary/aromatic N) is 1. The maximum absolute atomic E-state index is 12.8. The van der Waals surface area contributed by atoms with Crippen LogP contribution in [-0.4, -0.2) is 31.9 Å². The first kappa shape index (κ1) is 15.0. The molecule has 0 bridgehead atoms. The van der Waals surface area contributed by atoms with Gasteiger partial charge < -0.3 is 5.73 Å². The van der Waals surface area contributed by atoms with E-state index in [0.717, 1.165) is 32.1 Å². The van der Waals surface area contributed by atoms with Gasteiger partial charge in [-0.1, -0.05) is 6.07 Å². The molecule has 2 N–H and O–H groups in total. The van der Waals surface area contributed by atoms with E-state index in [4.69, 9.17) is 5.73 Å².